The highest BCUT2D eigenvalue weighted by Gasteiger charge is 2.14. The first-order valence-corrected chi connectivity index (χ1v) is 7.21. The molecule has 0 radical (unpaired) electrons. The highest BCUT2D eigenvalue weighted by atomic mass is 16.6. The van der Waals surface area contributed by atoms with Gasteiger partial charge in [-0.2, -0.15) is 0 Å². The molecule has 0 aliphatic heterocycles. The predicted molar refractivity (Wildman–Crippen MR) is 87.1 cm³/mol. The maximum absolute atomic E-state index is 10.9. The van der Waals surface area contributed by atoms with E-state index < -0.39 is 0 Å². The third-order valence-electron chi connectivity index (χ3n) is 3.24. The van der Waals surface area contributed by atoms with Crippen LogP contribution in [0.4, 0.5) is 0 Å². The average Bonchev–Trinajstić information content (AvgIpc) is 2.59. The van der Waals surface area contributed by atoms with E-state index in [1.807, 2.05) is 31.2 Å². The molecule has 0 aliphatic rings. The van der Waals surface area contributed by atoms with Crippen LogP contribution < -0.4 is 18.9 Å². The van der Waals surface area contributed by atoms with Crippen molar-refractivity contribution in [2.24, 2.45) is 0 Å². The lowest BCUT2D eigenvalue weighted by Gasteiger charge is -2.15. The van der Waals surface area contributed by atoms with Gasteiger partial charge in [-0.15, -0.1) is 0 Å². The number of ether oxygens (including phenoxy) is 4. The number of aldehydes is 1. The van der Waals surface area contributed by atoms with Crippen LogP contribution >= 0.6 is 0 Å². The molecule has 2 aromatic rings. The van der Waals surface area contributed by atoms with Crippen LogP contribution in [0.1, 0.15) is 15.9 Å². The molecule has 5 heteroatoms. The third-order valence-corrected chi connectivity index (χ3v) is 3.24. The second-order valence-corrected chi connectivity index (χ2v) is 4.88. The van der Waals surface area contributed by atoms with Gasteiger partial charge in [-0.25, -0.2) is 0 Å². The van der Waals surface area contributed by atoms with Crippen LogP contribution in [0.25, 0.3) is 0 Å². The first kappa shape index (κ1) is 16.7. The summed E-state index contributed by atoms with van der Waals surface area (Å²) < 4.78 is 21.8. The van der Waals surface area contributed by atoms with Crippen LogP contribution in [-0.2, 0) is 0 Å². The number of carbonyl (C=O) groups is 1. The Bertz CT molecular complexity index is 624. The third kappa shape index (κ3) is 4.39. The van der Waals surface area contributed by atoms with Crippen molar-refractivity contribution in [1.29, 1.82) is 0 Å². The zero-order valence-electron chi connectivity index (χ0n) is 13.5. The molecule has 0 saturated carbocycles. The summed E-state index contributed by atoms with van der Waals surface area (Å²) in [6.45, 7) is 2.72. The van der Waals surface area contributed by atoms with E-state index in [1.54, 1.807) is 12.1 Å². The normalized spacial score (nSPS) is 10.0. The lowest BCUT2D eigenvalue weighted by molar-refractivity contribution is 0.112. The molecule has 5 nitrogen and oxygen atoms in total. The van der Waals surface area contributed by atoms with Crippen LogP contribution in [0.3, 0.4) is 0 Å². The molecular weight excluding hydrogens is 296 g/mol. The number of aryl methyl sites for hydroxylation is 1. The molecule has 2 aromatic carbocycles. The second-order valence-electron chi connectivity index (χ2n) is 4.88. The molecule has 0 N–H and O–H groups in total. The van der Waals surface area contributed by atoms with E-state index in [2.05, 4.69) is 0 Å². The largest absolute Gasteiger partial charge is 0.493 e. The fraction of sp³-hybridized carbons (Fsp3) is 0.278. The van der Waals surface area contributed by atoms with Crippen molar-refractivity contribution < 1.29 is 23.7 Å². The van der Waals surface area contributed by atoms with Crippen molar-refractivity contribution in [3.63, 3.8) is 0 Å². The number of benzene rings is 2. The minimum absolute atomic E-state index is 0.320. The maximum Gasteiger partial charge on any atom is 0.203 e. The summed E-state index contributed by atoms with van der Waals surface area (Å²) in [4.78, 5) is 10.9. The van der Waals surface area contributed by atoms with E-state index in [1.165, 1.54) is 19.8 Å². The average molecular weight is 316 g/mol. The molecular formula is C18H20O5. The van der Waals surface area contributed by atoms with Gasteiger partial charge in [-0.1, -0.05) is 17.7 Å². The molecule has 0 spiro atoms. The molecule has 0 atom stereocenters. The van der Waals surface area contributed by atoms with E-state index in [0.717, 1.165) is 12.0 Å². The Morgan fingerprint density at radius 2 is 1.48 bits per heavy atom. The summed E-state index contributed by atoms with van der Waals surface area (Å²) in [5, 5.41) is 0. The van der Waals surface area contributed by atoms with Crippen LogP contribution in [0.2, 0.25) is 0 Å². The molecule has 2 rings (SSSR count). The van der Waals surface area contributed by atoms with Gasteiger partial charge in [0, 0.05) is 5.56 Å². The topological polar surface area (TPSA) is 54.0 Å². The summed E-state index contributed by atoms with van der Waals surface area (Å²) in [6.07, 6.45) is 0.731. The molecule has 0 saturated heterocycles. The molecule has 0 amide bonds. The first-order chi connectivity index (χ1) is 11.2. The van der Waals surface area contributed by atoms with Gasteiger partial charge in [-0.3, -0.25) is 4.79 Å². The van der Waals surface area contributed by atoms with Gasteiger partial charge in [0.05, 0.1) is 14.2 Å². The molecule has 122 valence electrons. The lowest BCUT2D eigenvalue weighted by atomic mass is 10.2. The lowest BCUT2D eigenvalue weighted by Crippen LogP contribution is -2.10. The molecule has 0 heterocycles. The Morgan fingerprint density at radius 1 is 0.913 bits per heavy atom. The van der Waals surface area contributed by atoms with Gasteiger partial charge in [0.25, 0.3) is 0 Å². The Hall–Kier alpha value is -2.69. The summed E-state index contributed by atoms with van der Waals surface area (Å²) in [7, 11) is 3.03. The molecule has 0 aliphatic carbocycles. The number of rotatable bonds is 8. The van der Waals surface area contributed by atoms with Crippen LogP contribution in [-0.4, -0.2) is 33.7 Å². The summed E-state index contributed by atoms with van der Waals surface area (Å²) >= 11 is 0. The number of carbonyl (C=O) groups excluding carboxylic acids is 1. The zero-order valence-corrected chi connectivity index (χ0v) is 13.5. The van der Waals surface area contributed by atoms with Crippen LogP contribution in [0.15, 0.2) is 36.4 Å². The van der Waals surface area contributed by atoms with Gasteiger partial charge >= 0.3 is 0 Å². The second kappa shape index (κ2) is 8.08. The van der Waals surface area contributed by atoms with Crippen LogP contribution in [0.5, 0.6) is 23.0 Å². The van der Waals surface area contributed by atoms with Crippen molar-refractivity contribution in [2.45, 2.75) is 6.92 Å². The Balaban J connectivity index is 1.99. The van der Waals surface area contributed by atoms with E-state index in [0.29, 0.717) is 36.0 Å². The van der Waals surface area contributed by atoms with Gasteiger partial charge in [-0.05, 0) is 31.2 Å². The van der Waals surface area contributed by atoms with Crippen molar-refractivity contribution in [3.8, 4) is 23.0 Å². The summed E-state index contributed by atoms with van der Waals surface area (Å²) in [5.74, 6) is 2.13. The molecule has 0 aromatic heterocycles. The smallest absolute Gasteiger partial charge is 0.203 e. The Labute approximate surface area is 135 Å². The van der Waals surface area contributed by atoms with Gasteiger partial charge in [0.2, 0.25) is 5.75 Å². The quantitative estimate of drug-likeness (QED) is 0.552. The van der Waals surface area contributed by atoms with Gasteiger partial charge in [0.1, 0.15) is 25.2 Å². The molecule has 0 bridgehead atoms. The Morgan fingerprint density at radius 3 is 2.00 bits per heavy atom. The maximum atomic E-state index is 10.9. The van der Waals surface area contributed by atoms with E-state index >= 15 is 0 Å². The van der Waals surface area contributed by atoms with Crippen molar-refractivity contribution in [1.82, 2.24) is 0 Å². The van der Waals surface area contributed by atoms with E-state index in [4.69, 9.17) is 18.9 Å². The fourth-order valence-electron chi connectivity index (χ4n) is 2.05. The van der Waals surface area contributed by atoms with Crippen molar-refractivity contribution >= 4 is 6.29 Å². The number of hydrogen-bond donors (Lipinski definition) is 0. The zero-order chi connectivity index (χ0) is 16.7. The summed E-state index contributed by atoms with van der Waals surface area (Å²) in [6, 6.07) is 11.0. The van der Waals surface area contributed by atoms with Crippen molar-refractivity contribution in [3.05, 3.63) is 47.5 Å². The minimum atomic E-state index is 0.320. The minimum Gasteiger partial charge on any atom is -0.493 e. The monoisotopic (exact) mass is 316 g/mol. The Kier molecular flexibility index (Phi) is 5.86. The van der Waals surface area contributed by atoms with E-state index in [-0.39, 0.29) is 0 Å². The molecule has 0 unspecified atom stereocenters. The highest BCUT2D eigenvalue weighted by Crippen LogP contribution is 2.38. The highest BCUT2D eigenvalue weighted by molar-refractivity contribution is 5.78. The van der Waals surface area contributed by atoms with E-state index in [9.17, 15) is 4.79 Å². The SMILES string of the molecule is COc1cc(C=O)cc(OC)c1OCCOc1ccc(C)cc1. The van der Waals surface area contributed by atoms with Crippen LogP contribution in [0, 0.1) is 6.92 Å². The van der Waals surface area contributed by atoms with Gasteiger partial charge in [0.15, 0.2) is 11.5 Å². The predicted octanol–water partition coefficient (Wildman–Crippen LogP) is 3.28. The summed E-state index contributed by atoms with van der Waals surface area (Å²) in [5.41, 5.74) is 1.64. The number of methoxy groups -OCH3 is 2. The van der Waals surface area contributed by atoms with Crippen molar-refractivity contribution in [2.75, 3.05) is 27.4 Å². The molecule has 23 heavy (non-hydrogen) atoms. The fourth-order valence-corrected chi connectivity index (χ4v) is 2.05. The standard InChI is InChI=1S/C18H20O5/c1-13-4-6-15(7-5-13)22-8-9-23-18-16(20-2)10-14(12-19)11-17(18)21-3/h4-7,10-12H,8-9H2,1-3H3. The van der Waals surface area contributed by atoms with Gasteiger partial charge < -0.3 is 18.9 Å². The molecule has 0 fully saturated rings. The first-order valence-electron chi connectivity index (χ1n) is 7.21. The number of hydrogen-bond acceptors (Lipinski definition) is 5.